The molecule has 1 aromatic carbocycles. The van der Waals surface area contributed by atoms with Crippen molar-refractivity contribution in [3.05, 3.63) is 29.8 Å². The second-order valence-corrected chi connectivity index (χ2v) is 8.12. The van der Waals surface area contributed by atoms with Crippen LogP contribution in [0.5, 0.6) is 0 Å². The van der Waals surface area contributed by atoms with Crippen LogP contribution in [-0.4, -0.2) is 55.7 Å². The number of ether oxygens (including phenoxy) is 2. The number of hydrogen-bond donors (Lipinski definition) is 1. The molecule has 1 aromatic rings. The second kappa shape index (κ2) is 12.0. The van der Waals surface area contributed by atoms with Gasteiger partial charge in [0, 0.05) is 36.6 Å². The molecular formula is C20H30Cl2N2O4. The Hall–Kier alpha value is -1.66. The van der Waals surface area contributed by atoms with Crippen molar-refractivity contribution in [2.45, 2.75) is 45.3 Å². The molecule has 0 radical (unpaired) electrons. The quantitative estimate of drug-likeness (QED) is 0.447. The lowest BCUT2D eigenvalue weighted by molar-refractivity contribution is -0.141. The molecule has 0 saturated carbocycles. The smallest absolute Gasteiger partial charge is 0.407 e. The van der Waals surface area contributed by atoms with Gasteiger partial charge in [-0.05, 0) is 44.9 Å². The number of esters is 1. The van der Waals surface area contributed by atoms with E-state index in [1.165, 1.54) is 7.11 Å². The zero-order valence-corrected chi connectivity index (χ0v) is 18.5. The molecule has 6 nitrogen and oxygen atoms in total. The van der Waals surface area contributed by atoms with Crippen molar-refractivity contribution >= 4 is 41.0 Å². The van der Waals surface area contributed by atoms with Gasteiger partial charge >= 0.3 is 12.1 Å². The van der Waals surface area contributed by atoms with Gasteiger partial charge in [0.05, 0.1) is 13.5 Å². The van der Waals surface area contributed by atoms with E-state index < -0.39 is 23.7 Å². The Morgan fingerprint density at radius 3 is 2.36 bits per heavy atom. The number of alkyl carbamates (subject to hydrolysis) is 1. The van der Waals surface area contributed by atoms with E-state index in [9.17, 15) is 9.59 Å². The van der Waals surface area contributed by atoms with Crippen LogP contribution in [0.2, 0.25) is 0 Å². The van der Waals surface area contributed by atoms with Gasteiger partial charge in [-0.2, -0.15) is 0 Å². The third kappa shape index (κ3) is 9.51. The van der Waals surface area contributed by atoms with Gasteiger partial charge in [0.1, 0.15) is 5.60 Å². The number of halogens is 2. The molecule has 0 aliphatic heterocycles. The molecule has 1 N–H and O–H groups in total. The van der Waals surface area contributed by atoms with E-state index in [0.717, 1.165) is 11.3 Å². The van der Waals surface area contributed by atoms with Crippen molar-refractivity contribution in [1.29, 1.82) is 0 Å². The molecule has 0 aliphatic carbocycles. The number of alkyl halides is 2. The van der Waals surface area contributed by atoms with Crippen LogP contribution in [-0.2, 0) is 20.7 Å². The number of benzene rings is 1. The van der Waals surface area contributed by atoms with Crippen LogP contribution in [0.3, 0.4) is 0 Å². The molecule has 0 spiro atoms. The summed E-state index contributed by atoms with van der Waals surface area (Å²) in [4.78, 5) is 26.0. The van der Waals surface area contributed by atoms with Crippen molar-refractivity contribution in [3.8, 4) is 0 Å². The number of carbonyl (C=O) groups is 2. The third-order valence-corrected chi connectivity index (χ3v) is 4.17. The van der Waals surface area contributed by atoms with Crippen LogP contribution >= 0.6 is 23.2 Å². The summed E-state index contributed by atoms with van der Waals surface area (Å²) in [5.41, 5.74) is 1.34. The summed E-state index contributed by atoms with van der Waals surface area (Å²) in [5, 5.41) is 2.77. The molecule has 1 atom stereocenters. The zero-order valence-electron chi connectivity index (χ0n) is 17.0. The van der Waals surface area contributed by atoms with Crippen LogP contribution in [0.1, 0.15) is 32.8 Å². The first-order chi connectivity index (χ1) is 13.2. The van der Waals surface area contributed by atoms with Gasteiger partial charge in [-0.15, -0.1) is 23.2 Å². The van der Waals surface area contributed by atoms with E-state index in [2.05, 4.69) is 10.2 Å². The summed E-state index contributed by atoms with van der Waals surface area (Å²) in [6.07, 6.45) is -0.0615. The van der Waals surface area contributed by atoms with E-state index >= 15 is 0 Å². The van der Waals surface area contributed by atoms with Crippen molar-refractivity contribution < 1.29 is 19.1 Å². The van der Waals surface area contributed by atoms with E-state index in [4.69, 9.17) is 32.7 Å². The molecule has 0 aromatic heterocycles. The fourth-order valence-electron chi connectivity index (χ4n) is 2.67. The minimum atomic E-state index is -0.622. The number of amides is 1. The standard InChI is InChI=1S/C20H30Cl2N2O4/c1-20(2,3)28-19(26)23-16(14-18(25)27-4)12-15-6-5-7-17(13-15)24(10-8-21)11-9-22/h5-7,13,16H,8-12,14H2,1-4H3,(H,23,26)/t16-/m0/s1. The van der Waals surface area contributed by atoms with Crippen molar-refractivity contribution in [1.82, 2.24) is 5.32 Å². The maximum atomic E-state index is 12.2. The molecule has 1 rings (SSSR count). The average molecular weight is 433 g/mol. The number of hydrogen-bond acceptors (Lipinski definition) is 5. The van der Waals surface area contributed by atoms with Gasteiger partial charge in [0.15, 0.2) is 0 Å². The molecule has 1 amide bonds. The first kappa shape index (κ1) is 24.4. The van der Waals surface area contributed by atoms with Crippen LogP contribution in [0.4, 0.5) is 10.5 Å². The van der Waals surface area contributed by atoms with Crippen molar-refractivity contribution in [2.24, 2.45) is 0 Å². The predicted molar refractivity (Wildman–Crippen MR) is 114 cm³/mol. The first-order valence-corrected chi connectivity index (χ1v) is 10.3. The summed E-state index contributed by atoms with van der Waals surface area (Å²) >= 11 is 11.8. The molecular weight excluding hydrogens is 403 g/mol. The van der Waals surface area contributed by atoms with Crippen LogP contribution in [0, 0.1) is 0 Å². The lowest BCUT2D eigenvalue weighted by Crippen LogP contribution is -2.41. The lowest BCUT2D eigenvalue weighted by atomic mass is 10.0. The SMILES string of the molecule is COC(=O)C[C@H](Cc1cccc(N(CCCl)CCCl)c1)NC(=O)OC(C)(C)C. The first-order valence-electron chi connectivity index (χ1n) is 9.20. The van der Waals surface area contributed by atoms with Gasteiger partial charge in [0.25, 0.3) is 0 Å². The Labute approximate surface area is 177 Å². The molecule has 0 unspecified atom stereocenters. The highest BCUT2D eigenvalue weighted by Crippen LogP contribution is 2.19. The van der Waals surface area contributed by atoms with Crippen LogP contribution in [0.25, 0.3) is 0 Å². The summed E-state index contributed by atoms with van der Waals surface area (Å²) in [7, 11) is 1.32. The fourth-order valence-corrected chi connectivity index (χ4v) is 3.08. The molecule has 28 heavy (non-hydrogen) atoms. The molecule has 0 saturated heterocycles. The van der Waals surface area contributed by atoms with E-state index in [1.54, 1.807) is 20.8 Å². The Bertz CT molecular complexity index is 629. The fraction of sp³-hybridized carbons (Fsp3) is 0.600. The molecule has 0 aliphatic rings. The van der Waals surface area contributed by atoms with Crippen LogP contribution < -0.4 is 10.2 Å². The van der Waals surface area contributed by atoms with Gasteiger partial charge in [-0.3, -0.25) is 4.79 Å². The number of nitrogens with one attached hydrogen (secondary N) is 1. The molecule has 0 fully saturated rings. The normalized spacial score (nSPS) is 12.2. The van der Waals surface area contributed by atoms with Gasteiger partial charge < -0.3 is 19.7 Å². The molecule has 0 heterocycles. The van der Waals surface area contributed by atoms with E-state index in [1.807, 2.05) is 24.3 Å². The average Bonchev–Trinajstić information content (AvgIpc) is 2.59. The van der Waals surface area contributed by atoms with Crippen molar-refractivity contribution in [3.63, 3.8) is 0 Å². The highest BCUT2D eigenvalue weighted by atomic mass is 35.5. The maximum Gasteiger partial charge on any atom is 0.407 e. The third-order valence-electron chi connectivity index (χ3n) is 3.83. The van der Waals surface area contributed by atoms with Gasteiger partial charge in [0.2, 0.25) is 0 Å². The van der Waals surface area contributed by atoms with Crippen molar-refractivity contribution in [2.75, 3.05) is 36.9 Å². The molecule has 158 valence electrons. The highest BCUT2D eigenvalue weighted by molar-refractivity contribution is 6.18. The van der Waals surface area contributed by atoms with Gasteiger partial charge in [-0.25, -0.2) is 4.79 Å². The highest BCUT2D eigenvalue weighted by Gasteiger charge is 2.22. The summed E-state index contributed by atoms with van der Waals surface area (Å²) in [5.74, 6) is 0.585. The number of rotatable bonds is 10. The lowest BCUT2D eigenvalue weighted by Gasteiger charge is -2.25. The Kier molecular flexibility index (Phi) is 10.5. The number of nitrogens with zero attached hydrogens (tertiary/aromatic N) is 1. The Balaban J connectivity index is 2.93. The number of methoxy groups -OCH3 is 1. The monoisotopic (exact) mass is 432 g/mol. The Morgan fingerprint density at radius 2 is 1.82 bits per heavy atom. The number of anilines is 1. The Morgan fingerprint density at radius 1 is 1.18 bits per heavy atom. The molecule has 8 heteroatoms. The molecule has 0 bridgehead atoms. The van der Waals surface area contributed by atoms with E-state index in [0.29, 0.717) is 31.3 Å². The topological polar surface area (TPSA) is 67.9 Å². The minimum Gasteiger partial charge on any atom is -0.469 e. The summed E-state index contributed by atoms with van der Waals surface area (Å²) in [6.45, 7) is 6.72. The minimum absolute atomic E-state index is 0.0487. The number of carbonyl (C=O) groups excluding carboxylic acids is 2. The largest absolute Gasteiger partial charge is 0.469 e. The summed E-state index contributed by atoms with van der Waals surface area (Å²) < 4.78 is 10.1. The second-order valence-electron chi connectivity index (χ2n) is 7.36. The van der Waals surface area contributed by atoms with Crippen LogP contribution in [0.15, 0.2) is 24.3 Å². The van der Waals surface area contributed by atoms with Gasteiger partial charge in [-0.1, -0.05) is 12.1 Å². The zero-order chi connectivity index (χ0) is 21.2. The van der Waals surface area contributed by atoms with E-state index in [-0.39, 0.29) is 6.42 Å². The maximum absolute atomic E-state index is 12.2. The summed E-state index contributed by atoms with van der Waals surface area (Å²) in [6, 6.07) is 7.43. The predicted octanol–water partition coefficient (Wildman–Crippen LogP) is 3.97.